The highest BCUT2D eigenvalue weighted by Crippen LogP contribution is 2.20. The van der Waals surface area contributed by atoms with E-state index in [2.05, 4.69) is 33.9 Å². The molecule has 1 heterocycles. The second-order valence-electron chi connectivity index (χ2n) is 8.07. The van der Waals surface area contributed by atoms with Gasteiger partial charge in [0.25, 0.3) is 0 Å². The lowest BCUT2D eigenvalue weighted by Gasteiger charge is -2.34. The van der Waals surface area contributed by atoms with E-state index >= 15 is 0 Å². The van der Waals surface area contributed by atoms with Crippen molar-refractivity contribution in [1.82, 2.24) is 9.80 Å². The molecule has 0 spiro atoms. The summed E-state index contributed by atoms with van der Waals surface area (Å²) in [5.41, 5.74) is 0. The Morgan fingerprint density at radius 1 is 0.871 bits per heavy atom. The number of hydrogen-bond acceptors (Lipinski definition) is 5. The van der Waals surface area contributed by atoms with E-state index in [1.165, 1.54) is 17.9 Å². The van der Waals surface area contributed by atoms with E-state index in [9.17, 15) is 9.59 Å². The first kappa shape index (κ1) is 23.1. The Bertz CT molecular complexity index is 846. The molecule has 0 N–H and O–H groups in total. The van der Waals surface area contributed by atoms with Gasteiger partial charge in [-0.2, -0.15) is 0 Å². The molecule has 0 radical (unpaired) electrons. The standard InChI is InChI=1S/C25H34N2O4/c1-30-25(29)11-5-3-2-4-10-24(28)27-16-14-26(15-17-27)18-19-31-23-13-12-21-8-6-7-9-22(21)20-23/h6-9,12-13,20H,2-5,10-11,14-19H2,1H3. The van der Waals surface area contributed by atoms with Crippen LogP contribution in [0.15, 0.2) is 42.5 Å². The molecule has 6 heteroatoms. The summed E-state index contributed by atoms with van der Waals surface area (Å²) in [5, 5.41) is 2.41. The monoisotopic (exact) mass is 426 g/mol. The first-order valence-electron chi connectivity index (χ1n) is 11.3. The lowest BCUT2D eigenvalue weighted by Crippen LogP contribution is -2.49. The Hall–Kier alpha value is -2.60. The van der Waals surface area contributed by atoms with Crippen LogP contribution in [0.2, 0.25) is 0 Å². The summed E-state index contributed by atoms with van der Waals surface area (Å²) in [4.78, 5) is 27.8. The average Bonchev–Trinajstić information content (AvgIpc) is 2.81. The molecule has 1 amide bonds. The van der Waals surface area contributed by atoms with Crippen molar-refractivity contribution in [2.75, 3.05) is 46.4 Å². The fourth-order valence-electron chi connectivity index (χ4n) is 3.93. The maximum atomic E-state index is 12.4. The van der Waals surface area contributed by atoms with Gasteiger partial charge in [-0.15, -0.1) is 0 Å². The van der Waals surface area contributed by atoms with Crippen LogP contribution in [0.3, 0.4) is 0 Å². The van der Waals surface area contributed by atoms with E-state index < -0.39 is 0 Å². The quantitative estimate of drug-likeness (QED) is 0.403. The molecule has 6 nitrogen and oxygen atoms in total. The Kier molecular flexibility index (Phi) is 9.16. The minimum absolute atomic E-state index is 0.156. The van der Waals surface area contributed by atoms with Crippen LogP contribution in [0.25, 0.3) is 10.8 Å². The zero-order chi connectivity index (χ0) is 21.9. The predicted octanol–water partition coefficient (Wildman–Crippen LogP) is 3.88. The third kappa shape index (κ3) is 7.55. The Morgan fingerprint density at radius 3 is 2.32 bits per heavy atom. The lowest BCUT2D eigenvalue weighted by atomic mass is 10.1. The highest BCUT2D eigenvalue weighted by Gasteiger charge is 2.20. The van der Waals surface area contributed by atoms with Crippen LogP contribution in [0.1, 0.15) is 38.5 Å². The van der Waals surface area contributed by atoms with Gasteiger partial charge in [0.2, 0.25) is 5.91 Å². The third-order valence-electron chi connectivity index (χ3n) is 5.87. The van der Waals surface area contributed by atoms with Gasteiger partial charge in [0.1, 0.15) is 12.4 Å². The fourth-order valence-corrected chi connectivity index (χ4v) is 3.93. The molecule has 1 fully saturated rings. The normalized spacial score (nSPS) is 14.5. The van der Waals surface area contributed by atoms with Gasteiger partial charge in [-0.05, 0) is 35.7 Å². The number of rotatable bonds is 11. The number of amides is 1. The van der Waals surface area contributed by atoms with Crippen LogP contribution in [0.5, 0.6) is 5.75 Å². The molecule has 31 heavy (non-hydrogen) atoms. The molecule has 1 aliphatic heterocycles. The number of hydrogen-bond donors (Lipinski definition) is 0. The second-order valence-corrected chi connectivity index (χ2v) is 8.07. The van der Waals surface area contributed by atoms with Crippen LogP contribution in [0, 0.1) is 0 Å². The van der Waals surface area contributed by atoms with Gasteiger partial charge >= 0.3 is 5.97 Å². The minimum atomic E-state index is -0.156. The maximum Gasteiger partial charge on any atom is 0.305 e. The topological polar surface area (TPSA) is 59.1 Å². The number of fused-ring (bicyclic) bond motifs is 1. The summed E-state index contributed by atoms with van der Waals surface area (Å²) in [6.07, 6.45) is 4.74. The van der Waals surface area contributed by atoms with E-state index in [0.717, 1.165) is 64.2 Å². The number of carbonyl (C=O) groups excluding carboxylic acids is 2. The summed E-state index contributed by atoms with van der Waals surface area (Å²) in [6, 6.07) is 14.5. The van der Waals surface area contributed by atoms with E-state index in [1.807, 2.05) is 23.1 Å². The Balaban J connectivity index is 1.27. The van der Waals surface area contributed by atoms with Gasteiger partial charge < -0.3 is 14.4 Å². The first-order chi connectivity index (χ1) is 15.2. The lowest BCUT2D eigenvalue weighted by molar-refractivity contribution is -0.140. The number of esters is 1. The molecule has 0 bridgehead atoms. The Morgan fingerprint density at radius 2 is 1.58 bits per heavy atom. The van der Waals surface area contributed by atoms with E-state index in [0.29, 0.717) is 19.4 Å². The van der Waals surface area contributed by atoms with E-state index in [1.54, 1.807) is 0 Å². The smallest absolute Gasteiger partial charge is 0.305 e. The van der Waals surface area contributed by atoms with E-state index in [4.69, 9.17) is 4.74 Å². The number of nitrogens with zero attached hydrogens (tertiary/aromatic N) is 2. The van der Waals surface area contributed by atoms with Crippen molar-refractivity contribution in [3.63, 3.8) is 0 Å². The van der Waals surface area contributed by atoms with Crippen molar-refractivity contribution in [2.45, 2.75) is 38.5 Å². The van der Waals surface area contributed by atoms with Crippen molar-refractivity contribution >= 4 is 22.6 Å². The highest BCUT2D eigenvalue weighted by molar-refractivity contribution is 5.83. The summed E-state index contributed by atoms with van der Waals surface area (Å²) in [6.45, 7) is 4.89. The summed E-state index contributed by atoms with van der Waals surface area (Å²) >= 11 is 0. The van der Waals surface area contributed by atoms with Gasteiger partial charge in [0.15, 0.2) is 0 Å². The SMILES string of the molecule is COC(=O)CCCCCCC(=O)N1CCN(CCOc2ccc3ccccc3c2)CC1. The van der Waals surface area contributed by atoms with Crippen LogP contribution >= 0.6 is 0 Å². The molecule has 168 valence electrons. The van der Waals surface area contributed by atoms with Crippen molar-refractivity contribution in [3.05, 3.63) is 42.5 Å². The Labute approximate surface area is 185 Å². The molecule has 0 aliphatic carbocycles. The molecule has 0 atom stereocenters. The fraction of sp³-hybridized carbons (Fsp3) is 0.520. The molecule has 1 aliphatic rings. The van der Waals surface area contributed by atoms with Crippen LogP contribution in [-0.4, -0.2) is 68.1 Å². The minimum Gasteiger partial charge on any atom is -0.492 e. The van der Waals surface area contributed by atoms with Gasteiger partial charge in [-0.1, -0.05) is 43.2 Å². The predicted molar refractivity (Wildman–Crippen MR) is 122 cm³/mol. The number of piperazine rings is 1. The average molecular weight is 427 g/mol. The zero-order valence-corrected chi connectivity index (χ0v) is 18.6. The van der Waals surface area contributed by atoms with Crippen LogP contribution in [-0.2, 0) is 14.3 Å². The summed E-state index contributed by atoms with van der Waals surface area (Å²) in [5.74, 6) is 0.996. The third-order valence-corrected chi connectivity index (χ3v) is 5.87. The first-order valence-corrected chi connectivity index (χ1v) is 11.3. The number of carbonyl (C=O) groups is 2. The largest absolute Gasteiger partial charge is 0.492 e. The molecule has 2 aromatic rings. The van der Waals surface area contributed by atoms with Crippen molar-refractivity contribution < 1.29 is 19.1 Å². The number of ether oxygens (including phenoxy) is 2. The number of benzene rings is 2. The summed E-state index contributed by atoms with van der Waals surface area (Å²) in [7, 11) is 1.42. The number of unbranched alkanes of at least 4 members (excludes halogenated alkanes) is 3. The van der Waals surface area contributed by atoms with Gasteiger partial charge in [0.05, 0.1) is 7.11 Å². The van der Waals surface area contributed by atoms with Gasteiger partial charge in [0, 0.05) is 45.6 Å². The molecular weight excluding hydrogens is 392 g/mol. The number of methoxy groups -OCH3 is 1. The van der Waals surface area contributed by atoms with Crippen molar-refractivity contribution in [1.29, 1.82) is 0 Å². The van der Waals surface area contributed by atoms with Crippen LogP contribution < -0.4 is 4.74 Å². The molecule has 0 aromatic heterocycles. The van der Waals surface area contributed by atoms with Crippen molar-refractivity contribution in [3.8, 4) is 5.75 Å². The second kappa shape index (κ2) is 12.3. The van der Waals surface area contributed by atoms with Crippen molar-refractivity contribution in [2.24, 2.45) is 0 Å². The molecular formula is C25H34N2O4. The van der Waals surface area contributed by atoms with Gasteiger partial charge in [-0.3, -0.25) is 14.5 Å². The van der Waals surface area contributed by atoms with Gasteiger partial charge in [-0.25, -0.2) is 0 Å². The maximum absolute atomic E-state index is 12.4. The molecule has 0 unspecified atom stereocenters. The molecule has 0 saturated carbocycles. The highest BCUT2D eigenvalue weighted by atomic mass is 16.5. The molecule has 3 rings (SSSR count). The molecule has 1 saturated heterocycles. The zero-order valence-electron chi connectivity index (χ0n) is 18.6. The molecule has 2 aromatic carbocycles. The van der Waals surface area contributed by atoms with Crippen LogP contribution in [0.4, 0.5) is 0 Å². The van der Waals surface area contributed by atoms with E-state index in [-0.39, 0.29) is 11.9 Å². The summed E-state index contributed by atoms with van der Waals surface area (Å²) < 4.78 is 10.6.